The Morgan fingerprint density at radius 3 is 2.45 bits per heavy atom. The molecule has 7 heteroatoms. The molecule has 162 valence electrons. The number of nitrogens with zero attached hydrogens (tertiary/aromatic N) is 2. The number of anilines is 1. The normalized spacial score (nSPS) is 14.8. The van der Waals surface area contributed by atoms with E-state index in [1.165, 1.54) is 5.56 Å². The first-order valence-corrected chi connectivity index (χ1v) is 10.8. The van der Waals surface area contributed by atoms with Crippen LogP contribution >= 0.6 is 0 Å². The molecule has 2 aromatic carbocycles. The first kappa shape index (κ1) is 20.9. The van der Waals surface area contributed by atoms with E-state index in [0.717, 1.165) is 68.6 Å². The summed E-state index contributed by atoms with van der Waals surface area (Å²) < 4.78 is 0. The molecule has 0 bridgehead atoms. The number of hydrogen-bond donors (Lipinski definition) is 3. The standard InChI is InChI=1S/C24H29N5O2/c25-23(30)17-8-9-21-20(15-17)18(16-27-21)5-3-4-10-28-11-13-29(14-12-28)22-7-2-1-6-19(22)24(26)31/h1-2,6-9,15-16,27H,3-5,10-14H2,(H2,25,30)(H2,26,31). The number of H-pyrrole nitrogens is 1. The van der Waals surface area contributed by atoms with E-state index in [4.69, 9.17) is 11.5 Å². The molecular formula is C24H29N5O2. The van der Waals surface area contributed by atoms with Crippen LogP contribution in [-0.2, 0) is 6.42 Å². The van der Waals surface area contributed by atoms with Crippen molar-refractivity contribution in [3.05, 3.63) is 65.4 Å². The van der Waals surface area contributed by atoms with Gasteiger partial charge in [-0.1, -0.05) is 12.1 Å². The number of para-hydroxylation sites is 1. The van der Waals surface area contributed by atoms with Gasteiger partial charge in [-0.05, 0) is 61.7 Å². The van der Waals surface area contributed by atoms with Crippen molar-refractivity contribution in [2.45, 2.75) is 19.3 Å². The molecule has 0 aliphatic carbocycles. The van der Waals surface area contributed by atoms with Crippen molar-refractivity contribution in [2.75, 3.05) is 37.6 Å². The predicted octanol–water partition coefficient (Wildman–Crippen LogP) is 2.51. The lowest BCUT2D eigenvalue weighted by molar-refractivity contribution is 0.0992. The van der Waals surface area contributed by atoms with Gasteiger partial charge in [0.25, 0.3) is 5.91 Å². The van der Waals surface area contributed by atoms with E-state index in [1.54, 1.807) is 12.1 Å². The summed E-state index contributed by atoms with van der Waals surface area (Å²) in [6, 6.07) is 13.1. The highest BCUT2D eigenvalue weighted by atomic mass is 16.1. The van der Waals surface area contributed by atoms with Crippen LogP contribution in [0.25, 0.3) is 10.9 Å². The van der Waals surface area contributed by atoms with Crippen LogP contribution in [0.1, 0.15) is 39.1 Å². The van der Waals surface area contributed by atoms with Gasteiger partial charge >= 0.3 is 0 Å². The number of hydrogen-bond acceptors (Lipinski definition) is 4. The van der Waals surface area contributed by atoms with Crippen LogP contribution in [0.3, 0.4) is 0 Å². The number of benzene rings is 2. The fourth-order valence-corrected chi connectivity index (χ4v) is 4.36. The van der Waals surface area contributed by atoms with E-state index < -0.39 is 5.91 Å². The second kappa shape index (κ2) is 9.22. The second-order valence-electron chi connectivity index (χ2n) is 8.11. The Kier molecular flexibility index (Phi) is 6.23. The topological polar surface area (TPSA) is 108 Å². The third-order valence-corrected chi connectivity index (χ3v) is 6.10. The Hall–Kier alpha value is -3.32. The maximum Gasteiger partial charge on any atom is 0.250 e. The molecule has 0 spiro atoms. The number of nitrogens with one attached hydrogen (secondary N) is 1. The van der Waals surface area contributed by atoms with Crippen molar-refractivity contribution in [1.82, 2.24) is 9.88 Å². The van der Waals surface area contributed by atoms with Crippen LogP contribution in [0.4, 0.5) is 5.69 Å². The van der Waals surface area contributed by atoms with Gasteiger partial charge in [0.2, 0.25) is 5.91 Å². The van der Waals surface area contributed by atoms with Gasteiger partial charge in [-0.15, -0.1) is 0 Å². The Labute approximate surface area is 182 Å². The first-order chi connectivity index (χ1) is 15.0. The molecule has 2 heterocycles. The number of unbranched alkanes of at least 4 members (excludes halogenated alkanes) is 1. The molecule has 0 radical (unpaired) electrons. The number of nitrogens with two attached hydrogens (primary N) is 2. The van der Waals surface area contributed by atoms with Gasteiger partial charge < -0.3 is 21.4 Å². The van der Waals surface area contributed by atoms with Gasteiger partial charge in [-0.2, -0.15) is 0 Å². The zero-order valence-electron chi connectivity index (χ0n) is 17.6. The van der Waals surface area contributed by atoms with E-state index in [0.29, 0.717) is 11.1 Å². The zero-order chi connectivity index (χ0) is 21.8. The quantitative estimate of drug-likeness (QED) is 0.488. The van der Waals surface area contributed by atoms with Gasteiger partial charge in [-0.25, -0.2) is 0 Å². The summed E-state index contributed by atoms with van der Waals surface area (Å²) in [7, 11) is 0. The molecule has 1 aliphatic rings. The van der Waals surface area contributed by atoms with Crippen molar-refractivity contribution >= 4 is 28.4 Å². The van der Waals surface area contributed by atoms with Crippen LogP contribution in [0.15, 0.2) is 48.7 Å². The zero-order valence-corrected chi connectivity index (χ0v) is 17.6. The van der Waals surface area contributed by atoms with Gasteiger partial charge in [0.05, 0.1) is 5.56 Å². The van der Waals surface area contributed by atoms with Gasteiger partial charge in [0.1, 0.15) is 0 Å². The number of piperazine rings is 1. The van der Waals surface area contributed by atoms with Crippen LogP contribution in [0.2, 0.25) is 0 Å². The minimum atomic E-state index is -0.397. The number of carbonyl (C=O) groups is 2. The Morgan fingerprint density at radius 1 is 0.935 bits per heavy atom. The van der Waals surface area contributed by atoms with E-state index in [-0.39, 0.29) is 5.91 Å². The molecule has 3 aromatic rings. The molecule has 1 fully saturated rings. The fraction of sp³-hybridized carbons (Fsp3) is 0.333. The summed E-state index contributed by atoms with van der Waals surface area (Å²) in [5.41, 5.74) is 15.3. The van der Waals surface area contributed by atoms with Gasteiger partial charge in [0.15, 0.2) is 0 Å². The molecule has 0 saturated carbocycles. The maximum atomic E-state index is 11.7. The largest absolute Gasteiger partial charge is 0.368 e. The summed E-state index contributed by atoms with van der Waals surface area (Å²) in [4.78, 5) is 31.2. The molecule has 1 aromatic heterocycles. The number of aromatic amines is 1. The second-order valence-corrected chi connectivity index (χ2v) is 8.11. The van der Waals surface area contributed by atoms with Crippen molar-refractivity contribution in [1.29, 1.82) is 0 Å². The third-order valence-electron chi connectivity index (χ3n) is 6.10. The molecular weight excluding hydrogens is 390 g/mol. The Bertz CT molecular complexity index is 1080. The summed E-state index contributed by atoms with van der Waals surface area (Å²) in [6.07, 6.45) is 5.19. The number of primary amides is 2. The third kappa shape index (κ3) is 4.72. The molecule has 1 aliphatic heterocycles. The number of aryl methyl sites for hydroxylation is 1. The highest BCUT2D eigenvalue weighted by Gasteiger charge is 2.20. The highest BCUT2D eigenvalue weighted by molar-refractivity contribution is 5.99. The smallest absolute Gasteiger partial charge is 0.250 e. The van der Waals surface area contributed by atoms with Gasteiger partial charge in [-0.3, -0.25) is 14.5 Å². The minimum Gasteiger partial charge on any atom is -0.368 e. The van der Waals surface area contributed by atoms with Crippen LogP contribution < -0.4 is 16.4 Å². The number of rotatable bonds is 8. The average Bonchev–Trinajstić information content (AvgIpc) is 3.19. The average molecular weight is 420 g/mol. The monoisotopic (exact) mass is 419 g/mol. The number of amides is 2. The van der Waals surface area contributed by atoms with Crippen LogP contribution in [0.5, 0.6) is 0 Å². The lowest BCUT2D eigenvalue weighted by atomic mass is 10.0. The molecule has 0 unspecified atom stereocenters. The molecule has 2 amide bonds. The lowest BCUT2D eigenvalue weighted by Gasteiger charge is -2.36. The van der Waals surface area contributed by atoms with Gasteiger partial charge in [0, 0.05) is 54.5 Å². The SMILES string of the molecule is NC(=O)c1ccc2[nH]cc(CCCCN3CCN(c4ccccc4C(N)=O)CC3)c2c1. The predicted molar refractivity (Wildman–Crippen MR) is 123 cm³/mol. The molecule has 4 rings (SSSR count). The number of carbonyl (C=O) groups excluding carboxylic acids is 2. The van der Waals surface area contributed by atoms with E-state index in [9.17, 15) is 9.59 Å². The molecule has 31 heavy (non-hydrogen) atoms. The Morgan fingerprint density at radius 2 is 1.71 bits per heavy atom. The summed E-state index contributed by atoms with van der Waals surface area (Å²) in [6.45, 7) is 4.79. The summed E-state index contributed by atoms with van der Waals surface area (Å²) in [5.74, 6) is -0.773. The van der Waals surface area contributed by atoms with Crippen molar-refractivity contribution in [2.24, 2.45) is 11.5 Å². The van der Waals surface area contributed by atoms with Crippen molar-refractivity contribution in [3.63, 3.8) is 0 Å². The van der Waals surface area contributed by atoms with Crippen molar-refractivity contribution < 1.29 is 9.59 Å². The van der Waals surface area contributed by atoms with Crippen LogP contribution in [0, 0.1) is 0 Å². The van der Waals surface area contributed by atoms with E-state index >= 15 is 0 Å². The number of aromatic nitrogens is 1. The minimum absolute atomic E-state index is 0.377. The van der Waals surface area contributed by atoms with Crippen molar-refractivity contribution in [3.8, 4) is 0 Å². The molecule has 7 nitrogen and oxygen atoms in total. The lowest BCUT2D eigenvalue weighted by Crippen LogP contribution is -2.47. The highest BCUT2D eigenvalue weighted by Crippen LogP contribution is 2.23. The van der Waals surface area contributed by atoms with E-state index in [2.05, 4.69) is 14.8 Å². The maximum absolute atomic E-state index is 11.7. The summed E-state index contributed by atoms with van der Waals surface area (Å²) in [5, 5.41) is 1.08. The Balaban J connectivity index is 1.26. The summed E-state index contributed by atoms with van der Waals surface area (Å²) >= 11 is 0. The van der Waals surface area contributed by atoms with Crippen LogP contribution in [-0.4, -0.2) is 54.4 Å². The fourth-order valence-electron chi connectivity index (χ4n) is 4.36. The molecule has 0 atom stereocenters. The number of fused-ring (bicyclic) bond motifs is 1. The van der Waals surface area contributed by atoms with E-state index in [1.807, 2.05) is 36.5 Å². The molecule has 5 N–H and O–H groups in total. The first-order valence-electron chi connectivity index (χ1n) is 10.8. The molecule has 1 saturated heterocycles.